The van der Waals surface area contributed by atoms with E-state index >= 15 is 0 Å². The van der Waals surface area contributed by atoms with E-state index in [9.17, 15) is 9.90 Å². The molecule has 0 saturated carbocycles. The third-order valence-corrected chi connectivity index (χ3v) is 4.50. The van der Waals surface area contributed by atoms with Crippen LogP contribution in [0.4, 0.5) is 0 Å². The number of methoxy groups -OCH3 is 1. The van der Waals surface area contributed by atoms with Crippen molar-refractivity contribution in [3.05, 3.63) is 64.1 Å². The van der Waals surface area contributed by atoms with Crippen LogP contribution in [0.3, 0.4) is 0 Å². The average molecular weight is 335 g/mol. The monoisotopic (exact) mass is 335 g/mol. The molecule has 6 nitrogen and oxygen atoms in total. The van der Waals surface area contributed by atoms with Crippen molar-refractivity contribution < 1.29 is 9.84 Å². The summed E-state index contributed by atoms with van der Waals surface area (Å²) in [5, 5.41) is 17.2. The van der Waals surface area contributed by atoms with Crippen molar-refractivity contribution in [2.24, 2.45) is 0 Å². The van der Waals surface area contributed by atoms with E-state index in [1.165, 1.54) is 0 Å². The van der Waals surface area contributed by atoms with Crippen LogP contribution in [0.25, 0.3) is 27.7 Å². The highest BCUT2D eigenvalue weighted by Gasteiger charge is 2.12. The quantitative estimate of drug-likeness (QED) is 0.603. The third-order valence-electron chi connectivity index (χ3n) is 4.50. The van der Waals surface area contributed by atoms with Crippen LogP contribution in [0, 0.1) is 6.92 Å². The van der Waals surface area contributed by atoms with Gasteiger partial charge in [-0.1, -0.05) is 18.2 Å². The van der Waals surface area contributed by atoms with Crippen LogP contribution in [0.15, 0.2) is 47.3 Å². The van der Waals surface area contributed by atoms with E-state index in [1.807, 2.05) is 49.4 Å². The van der Waals surface area contributed by atoms with Crippen LogP contribution in [0.5, 0.6) is 5.75 Å². The van der Waals surface area contributed by atoms with E-state index in [1.54, 1.807) is 11.5 Å². The fraction of sp³-hybridized carbons (Fsp3) is 0.158. The van der Waals surface area contributed by atoms with Crippen molar-refractivity contribution in [2.45, 2.75) is 13.5 Å². The summed E-state index contributed by atoms with van der Waals surface area (Å²) in [6.07, 6.45) is 0. The molecular weight excluding hydrogens is 318 g/mol. The predicted octanol–water partition coefficient (Wildman–Crippen LogP) is 2.65. The molecule has 0 amide bonds. The number of benzene rings is 2. The number of aromatic amines is 1. The van der Waals surface area contributed by atoms with Gasteiger partial charge < -0.3 is 9.84 Å². The number of pyridine rings is 1. The van der Waals surface area contributed by atoms with Crippen molar-refractivity contribution in [3.8, 4) is 16.9 Å². The van der Waals surface area contributed by atoms with Crippen LogP contribution < -0.4 is 10.4 Å². The van der Waals surface area contributed by atoms with E-state index < -0.39 is 0 Å². The van der Waals surface area contributed by atoms with E-state index in [2.05, 4.69) is 10.2 Å². The smallest absolute Gasteiger partial charge is 0.348 e. The van der Waals surface area contributed by atoms with Crippen LogP contribution in [0.1, 0.15) is 11.1 Å². The van der Waals surface area contributed by atoms with Gasteiger partial charge in [-0.05, 0) is 53.4 Å². The van der Waals surface area contributed by atoms with Gasteiger partial charge in [-0.2, -0.15) is 5.10 Å². The molecule has 0 atom stereocenters. The zero-order valence-corrected chi connectivity index (χ0v) is 13.9. The van der Waals surface area contributed by atoms with Crippen molar-refractivity contribution in [1.29, 1.82) is 0 Å². The van der Waals surface area contributed by atoms with E-state index in [-0.39, 0.29) is 12.3 Å². The number of aliphatic hydroxyl groups is 1. The Hall–Kier alpha value is -3.12. The van der Waals surface area contributed by atoms with Gasteiger partial charge >= 0.3 is 5.69 Å². The number of aryl methyl sites for hydroxylation is 1. The summed E-state index contributed by atoms with van der Waals surface area (Å²) in [6.45, 7) is 1.90. The first kappa shape index (κ1) is 15.4. The number of aliphatic hydroxyl groups excluding tert-OH is 1. The number of aromatic nitrogens is 3. The zero-order valence-electron chi connectivity index (χ0n) is 13.9. The Bertz CT molecular complexity index is 1160. The Labute approximate surface area is 143 Å². The van der Waals surface area contributed by atoms with E-state index in [4.69, 9.17) is 4.74 Å². The molecule has 6 heteroatoms. The van der Waals surface area contributed by atoms with Gasteiger partial charge in [0, 0.05) is 5.39 Å². The Morgan fingerprint density at radius 1 is 1.20 bits per heavy atom. The average Bonchev–Trinajstić information content (AvgIpc) is 3.01. The Morgan fingerprint density at radius 2 is 2.04 bits per heavy atom. The second-order valence-corrected chi connectivity index (χ2v) is 5.96. The lowest BCUT2D eigenvalue weighted by atomic mass is 9.97. The lowest BCUT2D eigenvalue weighted by molar-refractivity contribution is 0.281. The molecule has 0 radical (unpaired) electrons. The summed E-state index contributed by atoms with van der Waals surface area (Å²) < 4.78 is 6.79. The molecule has 0 aliphatic rings. The summed E-state index contributed by atoms with van der Waals surface area (Å²) in [4.78, 5) is 12.1. The molecule has 2 N–H and O–H groups in total. The van der Waals surface area contributed by atoms with E-state index in [0.717, 1.165) is 33.2 Å². The molecule has 4 rings (SSSR count). The molecule has 0 spiro atoms. The highest BCUT2D eigenvalue weighted by molar-refractivity contribution is 5.89. The van der Waals surface area contributed by atoms with Crippen molar-refractivity contribution >= 4 is 16.6 Å². The van der Waals surface area contributed by atoms with Crippen LogP contribution in [0.2, 0.25) is 0 Å². The first-order chi connectivity index (χ1) is 12.1. The van der Waals surface area contributed by atoms with Crippen molar-refractivity contribution in [3.63, 3.8) is 0 Å². The molecule has 2 aromatic heterocycles. The number of hydrogen-bond acceptors (Lipinski definition) is 4. The number of nitrogens with zero attached hydrogens (tertiary/aromatic N) is 2. The second kappa shape index (κ2) is 5.75. The summed E-state index contributed by atoms with van der Waals surface area (Å²) >= 11 is 0. The molecule has 0 fully saturated rings. The predicted molar refractivity (Wildman–Crippen MR) is 96.0 cm³/mol. The number of nitrogens with one attached hydrogen (secondary N) is 1. The number of hydrogen-bond donors (Lipinski definition) is 2. The highest BCUT2D eigenvalue weighted by Crippen LogP contribution is 2.31. The molecule has 0 unspecified atom stereocenters. The Morgan fingerprint density at radius 3 is 2.80 bits per heavy atom. The maximum absolute atomic E-state index is 12.1. The van der Waals surface area contributed by atoms with Crippen LogP contribution >= 0.6 is 0 Å². The second-order valence-electron chi connectivity index (χ2n) is 5.96. The van der Waals surface area contributed by atoms with Crippen LogP contribution in [-0.2, 0) is 6.61 Å². The minimum Gasteiger partial charge on any atom is -0.497 e. The SMILES string of the molecule is COc1ccc(-c2ccc3c(C)cc4n[nH]c(=O)n4c3c2)c(CO)c1. The Balaban J connectivity index is 2.03. The highest BCUT2D eigenvalue weighted by atomic mass is 16.5. The molecule has 0 aliphatic heterocycles. The number of rotatable bonds is 3. The maximum atomic E-state index is 12.1. The summed E-state index contributed by atoms with van der Waals surface area (Å²) in [7, 11) is 1.59. The lowest BCUT2D eigenvalue weighted by Gasteiger charge is -2.12. The topological polar surface area (TPSA) is 79.6 Å². The van der Waals surface area contributed by atoms with Gasteiger partial charge in [0.2, 0.25) is 0 Å². The fourth-order valence-electron chi connectivity index (χ4n) is 3.24. The van der Waals surface area contributed by atoms with Gasteiger partial charge in [0.1, 0.15) is 5.75 Å². The molecule has 2 heterocycles. The number of H-pyrrole nitrogens is 1. The molecule has 4 aromatic rings. The first-order valence-corrected chi connectivity index (χ1v) is 7.91. The van der Waals surface area contributed by atoms with Gasteiger partial charge in [0.05, 0.1) is 19.2 Å². The third kappa shape index (κ3) is 2.38. The zero-order chi connectivity index (χ0) is 17.6. The Kier molecular flexibility index (Phi) is 3.54. The molecule has 0 aliphatic carbocycles. The van der Waals surface area contributed by atoms with Crippen LogP contribution in [-0.4, -0.2) is 26.8 Å². The molecule has 126 valence electrons. The van der Waals surface area contributed by atoms with Gasteiger partial charge in [0.25, 0.3) is 0 Å². The molecule has 2 aromatic carbocycles. The standard InChI is InChI=1S/C19H17N3O3/c1-11-7-18-20-21-19(24)22(18)17-9-12(3-5-15(11)17)16-6-4-14(25-2)8-13(16)10-23/h3-9,23H,10H2,1-2H3,(H,21,24). The number of ether oxygens (including phenoxy) is 1. The largest absolute Gasteiger partial charge is 0.497 e. The van der Waals surface area contributed by atoms with Gasteiger partial charge in [0.15, 0.2) is 5.65 Å². The van der Waals surface area contributed by atoms with Crippen molar-refractivity contribution in [2.75, 3.05) is 7.11 Å². The molecule has 25 heavy (non-hydrogen) atoms. The summed E-state index contributed by atoms with van der Waals surface area (Å²) in [6, 6.07) is 13.4. The minimum atomic E-state index is -0.269. The van der Waals surface area contributed by atoms with Gasteiger partial charge in [-0.3, -0.25) is 0 Å². The maximum Gasteiger partial charge on any atom is 0.348 e. The minimum absolute atomic E-state index is 0.0978. The first-order valence-electron chi connectivity index (χ1n) is 7.91. The lowest BCUT2D eigenvalue weighted by Crippen LogP contribution is -2.10. The molecule has 0 saturated heterocycles. The fourth-order valence-corrected chi connectivity index (χ4v) is 3.24. The van der Waals surface area contributed by atoms with E-state index in [0.29, 0.717) is 11.4 Å². The molecular formula is C19H17N3O3. The van der Waals surface area contributed by atoms with Gasteiger partial charge in [-0.15, -0.1) is 0 Å². The normalized spacial score (nSPS) is 11.3. The summed E-state index contributed by atoms with van der Waals surface area (Å²) in [5.41, 5.74) is 4.73. The summed E-state index contributed by atoms with van der Waals surface area (Å²) in [5.74, 6) is 0.692. The van der Waals surface area contributed by atoms with Gasteiger partial charge in [-0.25, -0.2) is 14.3 Å². The number of fused-ring (bicyclic) bond motifs is 3. The van der Waals surface area contributed by atoms with Crippen molar-refractivity contribution in [1.82, 2.24) is 14.6 Å². The molecule has 0 bridgehead atoms.